The maximum atomic E-state index is 2.35. The monoisotopic (exact) mass is 280 g/mol. The lowest BCUT2D eigenvalue weighted by atomic mass is 9.90. The molecule has 0 amide bonds. The van der Waals surface area contributed by atoms with Gasteiger partial charge in [0.15, 0.2) is 0 Å². The number of hydrogen-bond acceptors (Lipinski definition) is 0. The molecule has 5 rings (SSSR count). The standard InChI is InChI=1S/C22H16/c1-14-5-6-18(13-14)19-11-9-17-8-7-15-3-2-4-16-10-12-20(19)22(17)21(15)16/h2-14H,1H3. The number of allylic oxidation sites excluding steroid dienone is 4. The Kier molecular flexibility index (Phi) is 2.29. The molecule has 1 unspecified atom stereocenters. The van der Waals surface area contributed by atoms with Crippen LogP contribution in [0.3, 0.4) is 0 Å². The molecule has 1 aliphatic rings. The molecule has 22 heavy (non-hydrogen) atoms. The molecule has 0 saturated carbocycles. The summed E-state index contributed by atoms with van der Waals surface area (Å²) in [7, 11) is 0. The molecular formula is C22H16. The van der Waals surface area contributed by atoms with Gasteiger partial charge in [-0.2, -0.15) is 0 Å². The van der Waals surface area contributed by atoms with Crippen molar-refractivity contribution in [1.29, 1.82) is 0 Å². The second-order valence-electron chi connectivity index (χ2n) is 6.31. The van der Waals surface area contributed by atoms with Gasteiger partial charge < -0.3 is 0 Å². The van der Waals surface area contributed by atoms with Gasteiger partial charge in [-0.05, 0) is 49.4 Å². The van der Waals surface area contributed by atoms with Crippen LogP contribution in [0.2, 0.25) is 0 Å². The van der Waals surface area contributed by atoms with Gasteiger partial charge in [-0.15, -0.1) is 0 Å². The quantitative estimate of drug-likeness (QED) is 0.365. The van der Waals surface area contributed by atoms with Crippen molar-refractivity contribution in [3.63, 3.8) is 0 Å². The molecule has 0 bridgehead atoms. The van der Waals surface area contributed by atoms with Crippen molar-refractivity contribution in [2.24, 2.45) is 5.92 Å². The summed E-state index contributed by atoms with van der Waals surface area (Å²) in [5, 5.41) is 8.16. The Morgan fingerprint density at radius 2 is 1.41 bits per heavy atom. The van der Waals surface area contributed by atoms with E-state index in [4.69, 9.17) is 0 Å². The molecule has 0 N–H and O–H groups in total. The van der Waals surface area contributed by atoms with E-state index in [0.29, 0.717) is 5.92 Å². The second kappa shape index (κ2) is 4.20. The zero-order valence-electron chi connectivity index (χ0n) is 12.5. The molecular weight excluding hydrogens is 264 g/mol. The lowest BCUT2D eigenvalue weighted by Crippen LogP contribution is -1.88. The van der Waals surface area contributed by atoms with Crippen molar-refractivity contribution in [3.8, 4) is 0 Å². The third-order valence-electron chi connectivity index (χ3n) is 4.86. The number of hydrogen-bond donors (Lipinski definition) is 0. The number of rotatable bonds is 1. The van der Waals surface area contributed by atoms with Gasteiger partial charge in [-0.1, -0.05) is 79.7 Å². The molecule has 1 aliphatic carbocycles. The number of benzene rings is 4. The van der Waals surface area contributed by atoms with Crippen LogP contribution in [0.5, 0.6) is 0 Å². The predicted molar refractivity (Wildman–Crippen MR) is 96.4 cm³/mol. The summed E-state index contributed by atoms with van der Waals surface area (Å²) in [5.41, 5.74) is 2.71. The largest absolute Gasteiger partial charge is 0.0773 e. The molecule has 0 heterocycles. The minimum Gasteiger partial charge on any atom is -0.0773 e. The Morgan fingerprint density at radius 3 is 2.14 bits per heavy atom. The van der Waals surface area contributed by atoms with Crippen LogP contribution in [-0.2, 0) is 0 Å². The first kappa shape index (κ1) is 12.0. The van der Waals surface area contributed by atoms with Crippen LogP contribution in [0.15, 0.2) is 72.8 Å². The van der Waals surface area contributed by atoms with Gasteiger partial charge in [-0.25, -0.2) is 0 Å². The molecule has 0 aromatic heterocycles. The molecule has 0 saturated heterocycles. The van der Waals surface area contributed by atoms with E-state index in [1.165, 1.54) is 43.5 Å². The van der Waals surface area contributed by atoms with Crippen molar-refractivity contribution in [3.05, 3.63) is 78.4 Å². The lowest BCUT2D eigenvalue weighted by molar-refractivity contribution is 0.959. The second-order valence-corrected chi connectivity index (χ2v) is 6.31. The fraction of sp³-hybridized carbons (Fsp3) is 0.0909. The van der Waals surface area contributed by atoms with E-state index in [1.54, 1.807) is 0 Å². The fourth-order valence-electron chi connectivity index (χ4n) is 3.82. The van der Waals surface area contributed by atoms with Crippen LogP contribution in [0.4, 0.5) is 0 Å². The van der Waals surface area contributed by atoms with E-state index < -0.39 is 0 Å². The molecule has 4 aromatic carbocycles. The Hall–Kier alpha value is -2.60. The smallest absolute Gasteiger partial charge is 0.00206 e. The SMILES string of the molecule is CC1C=CC(c2ccc3ccc4cccc5ccc2c3c45)=C1. The molecule has 104 valence electrons. The molecule has 0 aliphatic heterocycles. The topological polar surface area (TPSA) is 0 Å². The van der Waals surface area contributed by atoms with E-state index in [0.717, 1.165) is 0 Å². The van der Waals surface area contributed by atoms with Gasteiger partial charge in [0, 0.05) is 0 Å². The normalized spacial score (nSPS) is 17.9. The summed E-state index contributed by atoms with van der Waals surface area (Å²) in [6, 6.07) is 20.1. The van der Waals surface area contributed by atoms with E-state index in [2.05, 4.69) is 79.7 Å². The lowest BCUT2D eigenvalue weighted by Gasteiger charge is -2.14. The molecule has 4 aromatic rings. The zero-order chi connectivity index (χ0) is 14.7. The van der Waals surface area contributed by atoms with Gasteiger partial charge in [0.25, 0.3) is 0 Å². The summed E-state index contributed by atoms with van der Waals surface area (Å²) in [6.07, 6.45) is 6.89. The van der Waals surface area contributed by atoms with Crippen molar-refractivity contribution < 1.29 is 0 Å². The van der Waals surface area contributed by atoms with E-state index >= 15 is 0 Å². The maximum absolute atomic E-state index is 2.35. The van der Waals surface area contributed by atoms with E-state index in [9.17, 15) is 0 Å². The summed E-state index contributed by atoms with van der Waals surface area (Å²) in [4.78, 5) is 0. The first-order valence-electron chi connectivity index (χ1n) is 7.88. The van der Waals surface area contributed by atoms with Crippen molar-refractivity contribution in [2.45, 2.75) is 6.92 Å². The van der Waals surface area contributed by atoms with Gasteiger partial charge in [0.1, 0.15) is 0 Å². The van der Waals surface area contributed by atoms with Crippen LogP contribution < -0.4 is 0 Å². The molecule has 1 atom stereocenters. The summed E-state index contributed by atoms with van der Waals surface area (Å²) in [6.45, 7) is 2.24. The Morgan fingerprint density at radius 1 is 0.727 bits per heavy atom. The van der Waals surface area contributed by atoms with E-state index in [-0.39, 0.29) is 0 Å². The van der Waals surface area contributed by atoms with Gasteiger partial charge in [0.2, 0.25) is 0 Å². The molecule has 0 heteroatoms. The summed E-state index contributed by atoms with van der Waals surface area (Å²) in [5.74, 6) is 0.536. The molecule has 0 fully saturated rings. The summed E-state index contributed by atoms with van der Waals surface area (Å²) < 4.78 is 0. The minimum atomic E-state index is 0.536. The van der Waals surface area contributed by atoms with Gasteiger partial charge in [0.05, 0.1) is 0 Å². The third-order valence-corrected chi connectivity index (χ3v) is 4.86. The van der Waals surface area contributed by atoms with E-state index in [1.807, 2.05) is 0 Å². The fourth-order valence-corrected chi connectivity index (χ4v) is 3.82. The summed E-state index contributed by atoms with van der Waals surface area (Å²) >= 11 is 0. The zero-order valence-corrected chi connectivity index (χ0v) is 12.5. The van der Waals surface area contributed by atoms with Crippen LogP contribution in [0, 0.1) is 5.92 Å². The predicted octanol–water partition coefficient (Wildman–Crippen LogP) is 6.17. The van der Waals surface area contributed by atoms with Gasteiger partial charge >= 0.3 is 0 Å². The average Bonchev–Trinajstić information content (AvgIpc) is 2.99. The van der Waals surface area contributed by atoms with Crippen LogP contribution >= 0.6 is 0 Å². The first-order valence-corrected chi connectivity index (χ1v) is 7.88. The molecule has 0 spiro atoms. The average molecular weight is 280 g/mol. The highest BCUT2D eigenvalue weighted by atomic mass is 14.2. The first-order chi connectivity index (χ1) is 10.8. The van der Waals surface area contributed by atoms with Crippen LogP contribution in [-0.4, -0.2) is 0 Å². The van der Waals surface area contributed by atoms with Crippen molar-refractivity contribution in [2.75, 3.05) is 0 Å². The highest BCUT2D eigenvalue weighted by Gasteiger charge is 2.14. The highest BCUT2D eigenvalue weighted by molar-refractivity contribution is 6.24. The minimum absolute atomic E-state index is 0.536. The Bertz CT molecular complexity index is 1060. The molecule has 0 nitrogen and oxygen atoms in total. The van der Waals surface area contributed by atoms with Crippen molar-refractivity contribution >= 4 is 37.9 Å². The molecule has 0 radical (unpaired) electrons. The van der Waals surface area contributed by atoms with Crippen LogP contribution in [0.1, 0.15) is 12.5 Å². The third kappa shape index (κ3) is 1.52. The Labute approximate surface area is 129 Å². The highest BCUT2D eigenvalue weighted by Crippen LogP contribution is 2.39. The van der Waals surface area contributed by atoms with Crippen LogP contribution in [0.25, 0.3) is 37.9 Å². The Balaban J connectivity index is 1.98. The van der Waals surface area contributed by atoms with Gasteiger partial charge in [-0.3, -0.25) is 0 Å². The maximum Gasteiger partial charge on any atom is -0.00206 e. The van der Waals surface area contributed by atoms with Crippen molar-refractivity contribution in [1.82, 2.24) is 0 Å².